The van der Waals surface area contributed by atoms with Crippen molar-refractivity contribution < 1.29 is 9.59 Å². The average Bonchev–Trinajstić information content (AvgIpc) is 2.46. The van der Waals surface area contributed by atoms with Crippen LogP contribution in [0.3, 0.4) is 0 Å². The summed E-state index contributed by atoms with van der Waals surface area (Å²) in [5.41, 5.74) is 1.12. The molecule has 0 unspecified atom stereocenters. The maximum atomic E-state index is 11.7. The number of thioether (sulfide) groups is 1. The molecule has 0 radical (unpaired) electrons. The van der Waals surface area contributed by atoms with Crippen LogP contribution >= 0.6 is 23.4 Å². The summed E-state index contributed by atoms with van der Waals surface area (Å²) < 4.78 is 0. The van der Waals surface area contributed by atoms with Gasteiger partial charge in [-0.3, -0.25) is 9.59 Å². The number of hydrogen-bond acceptors (Lipinski definition) is 3. The highest BCUT2D eigenvalue weighted by Crippen LogP contribution is 2.15. The second-order valence-electron chi connectivity index (χ2n) is 4.70. The summed E-state index contributed by atoms with van der Waals surface area (Å²) in [4.78, 5) is 23.4. The van der Waals surface area contributed by atoms with Crippen LogP contribution in [0.5, 0.6) is 0 Å². The molecule has 0 fully saturated rings. The number of carbonyl (C=O) groups is 2. The Kier molecular flexibility index (Phi) is 8.23. The molecule has 0 aliphatic rings. The summed E-state index contributed by atoms with van der Waals surface area (Å²) in [5, 5.41) is 6.14. The lowest BCUT2D eigenvalue weighted by Crippen LogP contribution is -2.45. The monoisotopic (exact) mass is 328 g/mol. The molecule has 0 heterocycles. The molecule has 4 nitrogen and oxygen atoms in total. The van der Waals surface area contributed by atoms with Crippen molar-refractivity contribution in [2.45, 2.75) is 32.1 Å². The lowest BCUT2D eigenvalue weighted by atomic mass is 10.2. The molecule has 0 aliphatic carbocycles. The molecule has 0 saturated heterocycles. The van der Waals surface area contributed by atoms with Crippen molar-refractivity contribution in [3.8, 4) is 0 Å². The number of carbonyl (C=O) groups excluding carboxylic acids is 2. The van der Waals surface area contributed by atoms with Crippen molar-refractivity contribution in [3.05, 3.63) is 34.9 Å². The third-order valence-electron chi connectivity index (χ3n) is 2.74. The third-order valence-corrected chi connectivity index (χ3v) is 3.99. The largest absolute Gasteiger partial charge is 0.354 e. The number of hydrogen-bond donors (Lipinski definition) is 2. The van der Waals surface area contributed by atoms with E-state index in [0.717, 1.165) is 17.7 Å². The van der Waals surface area contributed by atoms with Gasteiger partial charge in [0.25, 0.3) is 0 Å². The summed E-state index contributed by atoms with van der Waals surface area (Å²) in [7, 11) is 0. The molecule has 2 N–H and O–H groups in total. The maximum absolute atomic E-state index is 11.7. The predicted octanol–water partition coefficient (Wildman–Crippen LogP) is 2.60. The molecule has 1 rings (SSSR count). The first kappa shape index (κ1) is 17.9. The Morgan fingerprint density at radius 3 is 2.57 bits per heavy atom. The van der Waals surface area contributed by atoms with Gasteiger partial charge in [0, 0.05) is 17.3 Å². The van der Waals surface area contributed by atoms with Crippen LogP contribution in [0.15, 0.2) is 24.3 Å². The lowest BCUT2D eigenvalue weighted by Gasteiger charge is -2.13. The number of halogens is 1. The van der Waals surface area contributed by atoms with E-state index in [4.69, 9.17) is 11.6 Å². The van der Waals surface area contributed by atoms with Crippen LogP contribution in [0.2, 0.25) is 5.02 Å². The molecule has 1 aromatic carbocycles. The van der Waals surface area contributed by atoms with Crippen LogP contribution in [0.1, 0.15) is 25.8 Å². The minimum absolute atomic E-state index is 0.131. The summed E-state index contributed by atoms with van der Waals surface area (Å²) in [6.07, 6.45) is 0.878. The van der Waals surface area contributed by atoms with Gasteiger partial charge in [-0.25, -0.2) is 0 Å². The fraction of sp³-hybridized carbons (Fsp3) is 0.467. The van der Waals surface area contributed by atoms with Gasteiger partial charge in [-0.2, -0.15) is 0 Å². The Labute approximate surface area is 135 Å². The van der Waals surface area contributed by atoms with Crippen LogP contribution in [0.4, 0.5) is 0 Å². The number of rotatable bonds is 8. The molecule has 0 bridgehead atoms. The highest BCUT2D eigenvalue weighted by molar-refractivity contribution is 7.99. The van der Waals surface area contributed by atoms with Crippen molar-refractivity contribution in [1.82, 2.24) is 10.6 Å². The highest BCUT2D eigenvalue weighted by atomic mass is 35.5. The molecule has 6 heteroatoms. The first-order valence-corrected chi connectivity index (χ1v) is 8.45. The molecule has 0 aromatic heterocycles. The predicted molar refractivity (Wildman–Crippen MR) is 88.5 cm³/mol. The molecule has 21 heavy (non-hydrogen) atoms. The van der Waals surface area contributed by atoms with Crippen LogP contribution in [0.25, 0.3) is 0 Å². The van der Waals surface area contributed by atoms with E-state index in [1.165, 1.54) is 11.8 Å². The molecule has 0 saturated carbocycles. The zero-order valence-corrected chi connectivity index (χ0v) is 13.9. The SMILES string of the molecule is CCCNC(=O)[C@H](C)NC(=O)CSCc1ccc(Cl)cc1. The van der Waals surface area contributed by atoms with E-state index in [1.54, 1.807) is 6.92 Å². The fourth-order valence-corrected chi connectivity index (χ4v) is 2.52. The number of benzene rings is 1. The van der Waals surface area contributed by atoms with Crippen LogP contribution < -0.4 is 10.6 Å². The number of nitrogens with one attached hydrogen (secondary N) is 2. The van der Waals surface area contributed by atoms with Crippen molar-refractivity contribution in [2.75, 3.05) is 12.3 Å². The average molecular weight is 329 g/mol. The summed E-state index contributed by atoms with van der Waals surface area (Å²) in [5.74, 6) is 0.788. The Balaban J connectivity index is 2.24. The van der Waals surface area contributed by atoms with E-state index in [0.29, 0.717) is 17.3 Å². The van der Waals surface area contributed by atoms with E-state index in [9.17, 15) is 9.59 Å². The molecule has 1 atom stereocenters. The summed E-state index contributed by atoms with van der Waals surface area (Å²) in [6, 6.07) is 7.04. The fourth-order valence-electron chi connectivity index (χ4n) is 1.59. The van der Waals surface area contributed by atoms with E-state index in [1.807, 2.05) is 31.2 Å². The Morgan fingerprint density at radius 2 is 1.95 bits per heavy atom. The Hall–Kier alpha value is -1.20. The second kappa shape index (κ2) is 9.68. The molecule has 116 valence electrons. The quantitative estimate of drug-likeness (QED) is 0.771. The molecular formula is C15H21ClN2O2S. The van der Waals surface area contributed by atoms with Crippen molar-refractivity contribution in [3.63, 3.8) is 0 Å². The Bertz CT molecular complexity index is 465. The van der Waals surface area contributed by atoms with Gasteiger partial charge in [0.2, 0.25) is 11.8 Å². The normalized spacial score (nSPS) is 11.8. The highest BCUT2D eigenvalue weighted by Gasteiger charge is 2.14. The van der Waals surface area contributed by atoms with Crippen molar-refractivity contribution in [2.24, 2.45) is 0 Å². The Morgan fingerprint density at radius 1 is 1.29 bits per heavy atom. The van der Waals surface area contributed by atoms with Gasteiger partial charge in [0.1, 0.15) is 6.04 Å². The second-order valence-corrected chi connectivity index (χ2v) is 6.12. The molecular weight excluding hydrogens is 308 g/mol. The minimum atomic E-state index is -0.500. The summed E-state index contributed by atoms with van der Waals surface area (Å²) in [6.45, 7) is 4.30. The van der Waals surface area contributed by atoms with Crippen molar-refractivity contribution in [1.29, 1.82) is 0 Å². The zero-order valence-electron chi connectivity index (χ0n) is 12.3. The molecule has 2 amide bonds. The van der Waals surface area contributed by atoms with Crippen LogP contribution in [-0.4, -0.2) is 30.2 Å². The van der Waals surface area contributed by atoms with Gasteiger partial charge in [-0.05, 0) is 31.0 Å². The van der Waals surface area contributed by atoms with Crippen molar-refractivity contribution >= 4 is 35.2 Å². The maximum Gasteiger partial charge on any atom is 0.242 e. The van der Waals surface area contributed by atoms with Crippen LogP contribution in [-0.2, 0) is 15.3 Å². The van der Waals surface area contributed by atoms with E-state index in [2.05, 4.69) is 10.6 Å². The smallest absolute Gasteiger partial charge is 0.242 e. The first-order chi connectivity index (χ1) is 10.0. The number of amides is 2. The van der Waals surface area contributed by atoms with E-state index >= 15 is 0 Å². The van der Waals surface area contributed by atoms with Crippen LogP contribution in [0, 0.1) is 0 Å². The summed E-state index contributed by atoms with van der Waals surface area (Å²) >= 11 is 7.32. The van der Waals surface area contributed by atoms with Gasteiger partial charge in [0.15, 0.2) is 0 Å². The van der Waals surface area contributed by atoms with Gasteiger partial charge < -0.3 is 10.6 Å². The van der Waals surface area contributed by atoms with Gasteiger partial charge >= 0.3 is 0 Å². The van der Waals surface area contributed by atoms with Gasteiger partial charge in [-0.15, -0.1) is 11.8 Å². The standard InChI is InChI=1S/C15H21ClN2O2S/c1-3-8-17-15(20)11(2)18-14(19)10-21-9-12-4-6-13(16)7-5-12/h4-7,11H,3,8-10H2,1-2H3,(H,17,20)(H,18,19)/t11-/m0/s1. The third kappa shape index (κ3) is 7.39. The molecule has 0 spiro atoms. The molecule has 1 aromatic rings. The first-order valence-electron chi connectivity index (χ1n) is 6.92. The van der Waals surface area contributed by atoms with Gasteiger partial charge in [0.05, 0.1) is 5.75 Å². The van der Waals surface area contributed by atoms with Gasteiger partial charge in [-0.1, -0.05) is 30.7 Å². The van der Waals surface area contributed by atoms with E-state index in [-0.39, 0.29) is 11.8 Å². The van der Waals surface area contributed by atoms with E-state index < -0.39 is 6.04 Å². The lowest BCUT2D eigenvalue weighted by molar-refractivity contribution is -0.127. The molecule has 0 aliphatic heterocycles. The minimum Gasteiger partial charge on any atom is -0.354 e. The topological polar surface area (TPSA) is 58.2 Å². The zero-order chi connectivity index (χ0) is 15.7.